The lowest BCUT2D eigenvalue weighted by Gasteiger charge is -2.18. The third kappa shape index (κ3) is 7.20. The average Bonchev–Trinajstić information content (AvgIpc) is 3.28. The van der Waals surface area contributed by atoms with Crippen LogP contribution in [-0.4, -0.2) is 59.4 Å². The van der Waals surface area contributed by atoms with Crippen LogP contribution in [0.4, 0.5) is 5.82 Å². The molecule has 2 amide bonds. The molecule has 0 unspecified atom stereocenters. The second kappa shape index (κ2) is 12.6. The highest BCUT2D eigenvalue weighted by atomic mass is 16.5. The zero-order chi connectivity index (χ0) is 26.1. The molecule has 0 fully saturated rings. The van der Waals surface area contributed by atoms with E-state index in [-0.39, 0.29) is 17.9 Å². The van der Waals surface area contributed by atoms with E-state index < -0.39 is 0 Å². The Hall–Kier alpha value is -4.09. The zero-order valence-corrected chi connectivity index (χ0v) is 21.4. The number of ether oxygens (including phenoxy) is 2. The highest BCUT2D eigenvalue weighted by Crippen LogP contribution is 2.20. The van der Waals surface area contributed by atoms with Gasteiger partial charge in [-0.3, -0.25) is 14.3 Å². The maximum atomic E-state index is 12.9. The highest BCUT2D eigenvalue weighted by Gasteiger charge is 2.13. The molecule has 3 rings (SSSR count). The summed E-state index contributed by atoms with van der Waals surface area (Å²) in [6.45, 7) is 7.53. The molecule has 0 aliphatic heterocycles. The van der Waals surface area contributed by atoms with Crippen LogP contribution < -0.4 is 10.1 Å². The summed E-state index contributed by atoms with van der Waals surface area (Å²) in [4.78, 5) is 27.2. The number of carbonyl (C=O) groups excluding carboxylic acids is 2. The largest absolute Gasteiger partial charge is 0.488 e. The van der Waals surface area contributed by atoms with Gasteiger partial charge < -0.3 is 19.7 Å². The van der Waals surface area contributed by atoms with Gasteiger partial charge in [0.15, 0.2) is 5.82 Å². The molecule has 2 aromatic carbocycles. The molecule has 1 N–H and O–H groups in total. The van der Waals surface area contributed by atoms with Crippen LogP contribution in [0.2, 0.25) is 0 Å². The Kier molecular flexibility index (Phi) is 9.25. The predicted molar refractivity (Wildman–Crippen MR) is 139 cm³/mol. The first-order chi connectivity index (χ1) is 17.3. The lowest BCUT2D eigenvalue weighted by atomic mass is 10.1. The number of amides is 2. The van der Waals surface area contributed by atoms with Crippen molar-refractivity contribution in [2.24, 2.45) is 7.05 Å². The third-order valence-corrected chi connectivity index (χ3v) is 5.40. The van der Waals surface area contributed by atoms with Crippen molar-refractivity contribution in [3.63, 3.8) is 0 Å². The van der Waals surface area contributed by atoms with E-state index in [2.05, 4.69) is 22.3 Å². The number of rotatable bonds is 9. The molecule has 1 aromatic heterocycles. The third-order valence-electron chi connectivity index (χ3n) is 5.40. The topological polar surface area (TPSA) is 85.7 Å². The number of methoxy groups -OCH3 is 1. The van der Waals surface area contributed by atoms with E-state index in [4.69, 9.17) is 9.47 Å². The van der Waals surface area contributed by atoms with E-state index in [0.717, 1.165) is 5.56 Å². The van der Waals surface area contributed by atoms with Crippen molar-refractivity contribution in [3.8, 4) is 17.6 Å². The number of hydrogen-bond acceptors (Lipinski definition) is 5. The summed E-state index contributed by atoms with van der Waals surface area (Å²) in [5, 5.41) is 6.98. The van der Waals surface area contributed by atoms with Crippen molar-refractivity contribution >= 4 is 17.6 Å². The maximum Gasteiger partial charge on any atom is 0.257 e. The summed E-state index contributed by atoms with van der Waals surface area (Å²) >= 11 is 0. The number of aryl methyl sites for hydroxylation is 1. The molecule has 0 aliphatic carbocycles. The number of anilines is 1. The number of hydrogen-bond donors (Lipinski definition) is 1. The molecule has 0 saturated carbocycles. The Morgan fingerprint density at radius 2 is 1.72 bits per heavy atom. The number of benzene rings is 2. The van der Waals surface area contributed by atoms with E-state index >= 15 is 0 Å². The fourth-order valence-corrected chi connectivity index (χ4v) is 3.58. The Labute approximate surface area is 212 Å². The minimum absolute atomic E-state index is 0.00176. The van der Waals surface area contributed by atoms with E-state index in [1.165, 1.54) is 0 Å². The first-order valence-electron chi connectivity index (χ1n) is 11.9. The number of nitrogens with one attached hydrogen (secondary N) is 1. The molecule has 1 heterocycles. The Morgan fingerprint density at radius 1 is 1.03 bits per heavy atom. The second-order valence-corrected chi connectivity index (χ2v) is 8.26. The summed E-state index contributed by atoms with van der Waals surface area (Å²) in [6, 6.07) is 14.1. The minimum Gasteiger partial charge on any atom is -0.488 e. The fourth-order valence-electron chi connectivity index (χ4n) is 3.58. The van der Waals surface area contributed by atoms with Crippen molar-refractivity contribution in [2.45, 2.75) is 26.9 Å². The lowest BCUT2D eigenvalue weighted by Crippen LogP contribution is -2.30. The highest BCUT2D eigenvalue weighted by molar-refractivity contribution is 6.04. The van der Waals surface area contributed by atoms with Crippen molar-refractivity contribution in [1.29, 1.82) is 0 Å². The predicted octanol–water partition coefficient (Wildman–Crippen LogP) is 3.97. The van der Waals surface area contributed by atoms with Gasteiger partial charge in [-0.25, -0.2) is 0 Å². The van der Waals surface area contributed by atoms with Gasteiger partial charge >= 0.3 is 0 Å². The molecule has 8 heteroatoms. The van der Waals surface area contributed by atoms with E-state index in [1.54, 1.807) is 66.3 Å². The average molecular weight is 489 g/mol. The molecule has 0 bridgehead atoms. The van der Waals surface area contributed by atoms with Crippen molar-refractivity contribution in [3.05, 3.63) is 77.0 Å². The molecular formula is C28H32N4O4. The molecular weight excluding hydrogens is 456 g/mol. The molecule has 0 radical (unpaired) electrons. The minimum atomic E-state index is -0.319. The first kappa shape index (κ1) is 26.5. The van der Waals surface area contributed by atoms with Crippen LogP contribution in [0.1, 0.15) is 52.6 Å². The fraction of sp³-hybridized carbons (Fsp3) is 0.321. The van der Waals surface area contributed by atoms with Crippen LogP contribution in [0, 0.1) is 11.8 Å². The molecule has 8 nitrogen and oxygen atoms in total. The monoisotopic (exact) mass is 488 g/mol. The summed E-state index contributed by atoms with van der Waals surface area (Å²) in [5.41, 5.74) is 2.39. The maximum absolute atomic E-state index is 12.9. The molecule has 3 aromatic rings. The normalized spacial score (nSPS) is 11.2. The van der Waals surface area contributed by atoms with Crippen LogP contribution in [0.15, 0.2) is 54.7 Å². The van der Waals surface area contributed by atoms with Gasteiger partial charge in [0, 0.05) is 61.8 Å². The SMILES string of the molecule is CCN(CC)C(=O)c1ccc(C#Cc2cc(O[C@@H](C)COC)cc(C(=O)Nc3ccn(C)n3)c2)cc1. The van der Waals surface area contributed by atoms with Crippen LogP contribution in [0.5, 0.6) is 5.75 Å². The quantitative estimate of drug-likeness (QED) is 0.461. The van der Waals surface area contributed by atoms with Gasteiger partial charge in [0.1, 0.15) is 11.9 Å². The number of nitrogens with zero attached hydrogens (tertiary/aromatic N) is 3. The van der Waals surface area contributed by atoms with Crippen LogP contribution in [-0.2, 0) is 11.8 Å². The second-order valence-electron chi connectivity index (χ2n) is 8.26. The van der Waals surface area contributed by atoms with Gasteiger partial charge in [-0.05, 0) is 63.2 Å². The Bertz CT molecular complexity index is 1250. The standard InChI is InChI=1S/C28H32N4O4/c1-6-32(7-2)28(34)23-12-10-21(11-13-23)8-9-22-16-24(18-25(17-22)36-20(3)19-35-5)27(33)29-26-14-15-31(4)30-26/h10-18,20H,6-7,19H2,1-5H3,(H,29,30,33)/t20-/m0/s1. The van der Waals surface area contributed by atoms with Crippen LogP contribution >= 0.6 is 0 Å². The molecule has 1 atom stereocenters. The summed E-state index contributed by atoms with van der Waals surface area (Å²) < 4.78 is 12.7. The number of aromatic nitrogens is 2. The molecule has 36 heavy (non-hydrogen) atoms. The zero-order valence-electron chi connectivity index (χ0n) is 21.4. The first-order valence-corrected chi connectivity index (χ1v) is 11.9. The molecule has 0 aliphatic rings. The van der Waals surface area contributed by atoms with Gasteiger partial charge in [-0.2, -0.15) is 5.10 Å². The van der Waals surface area contributed by atoms with Crippen molar-refractivity contribution in [1.82, 2.24) is 14.7 Å². The van der Waals surface area contributed by atoms with Crippen LogP contribution in [0.25, 0.3) is 0 Å². The molecule has 188 valence electrons. The van der Waals surface area contributed by atoms with Crippen molar-refractivity contribution < 1.29 is 19.1 Å². The van der Waals surface area contributed by atoms with Gasteiger partial charge in [0.25, 0.3) is 11.8 Å². The molecule has 0 saturated heterocycles. The van der Waals surface area contributed by atoms with E-state index in [1.807, 2.05) is 32.9 Å². The van der Waals surface area contributed by atoms with Gasteiger partial charge in [-0.1, -0.05) is 11.8 Å². The molecule has 0 spiro atoms. The summed E-state index contributed by atoms with van der Waals surface area (Å²) in [5.74, 6) is 6.86. The van der Waals surface area contributed by atoms with Crippen molar-refractivity contribution in [2.75, 3.05) is 32.1 Å². The summed E-state index contributed by atoms with van der Waals surface area (Å²) in [7, 11) is 3.38. The van der Waals surface area contributed by atoms with E-state index in [9.17, 15) is 9.59 Å². The number of carbonyl (C=O) groups is 2. The lowest BCUT2D eigenvalue weighted by molar-refractivity contribution is 0.0772. The van der Waals surface area contributed by atoms with Gasteiger partial charge in [0.05, 0.1) is 6.61 Å². The van der Waals surface area contributed by atoms with Crippen LogP contribution in [0.3, 0.4) is 0 Å². The van der Waals surface area contributed by atoms with E-state index in [0.29, 0.717) is 48.0 Å². The smallest absolute Gasteiger partial charge is 0.257 e. The van der Waals surface area contributed by atoms with Gasteiger partial charge in [-0.15, -0.1) is 0 Å². The Balaban J connectivity index is 1.86. The van der Waals surface area contributed by atoms with Gasteiger partial charge in [0.2, 0.25) is 0 Å². The Morgan fingerprint density at radius 3 is 2.33 bits per heavy atom. The summed E-state index contributed by atoms with van der Waals surface area (Å²) in [6.07, 6.45) is 1.54.